The van der Waals surface area contributed by atoms with Crippen molar-refractivity contribution >= 4 is 11.9 Å². The van der Waals surface area contributed by atoms with Crippen LogP contribution in [0.4, 0.5) is 0 Å². The highest BCUT2D eigenvalue weighted by atomic mass is 16.6. The van der Waals surface area contributed by atoms with Crippen molar-refractivity contribution in [2.45, 2.75) is 6.10 Å². The molecule has 0 aromatic heterocycles. The molecule has 0 unspecified atom stereocenters. The number of benzene rings is 3. The monoisotopic (exact) mass is 361 g/mol. The molecule has 5 nitrogen and oxygen atoms in total. The third kappa shape index (κ3) is 4.73. The maximum Gasteiger partial charge on any atom is 0.345 e. The second-order valence-corrected chi connectivity index (χ2v) is 5.83. The molecule has 0 saturated heterocycles. The van der Waals surface area contributed by atoms with E-state index >= 15 is 0 Å². The largest absolute Gasteiger partial charge is 0.481 e. The lowest BCUT2D eigenvalue weighted by Crippen LogP contribution is -2.28. The van der Waals surface area contributed by atoms with E-state index in [9.17, 15) is 9.59 Å². The summed E-state index contributed by atoms with van der Waals surface area (Å²) in [5.41, 5.74) is 7.72. The normalized spacial score (nSPS) is 11.4. The van der Waals surface area contributed by atoms with Crippen LogP contribution in [0.15, 0.2) is 84.9 Å². The number of carbonyl (C=O) groups is 2. The lowest BCUT2D eigenvalue weighted by Gasteiger charge is -2.16. The fraction of sp³-hybridized carbons (Fsp3) is 0.0909. The molecule has 5 heteroatoms. The minimum absolute atomic E-state index is 0.333. The Morgan fingerprint density at radius 1 is 0.815 bits per heavy atom. The quantitative estimate of drug-likeness (QED) is 0.653. The van der Waals surface area contributed by atoms with Crippen LogP contribution in [0.1, 0.15) is 11.7 Å². The Balaban J connectivity index is 1.69. The summed E-state index contributed by atoms with van der Waals surface area (Å²) >= 11 is 0. The second kappa shape index (κ2) is 8.67. The average Bonchev–Trinajstić information content (AvgIpc) is 2.72. The molecular weight excluding hydrogens is 342 g/mol. The van der Waals surface area contributed by atoms with Gasteiger partial charge in [0.1, 0.15) is 5.75 Å². The van der Waals surface area contributed by atoms with Crippen molar-refractivity contribution in [2.75, 3.05) is 6.61 Å². The van der Waals surface area contributed by atoms with Crippen LogP contribution in [0.3, 0.4) is 0 Å². The van der Waals surface area contributed by atoms with Gasteiger partial charge in [0.15, 0.2) is 6.61 Å². The summed E-state index contributed by atoms with van der Waals surface area (Å²) in [5.74, 6) is -0.860. The van der Waals surface area contributed by atoms with Gasteiger partial charge in [-0.2, -0.15) is 0 Å². The number of ether oxygens (including phenoxy) is 2. The van der Waals surface area contributed by atoms with Gasteiger partial charge in [-0.3, -0.25) is 4.79 Å². The summed E-state index contributed by atoms with van der Waals surface area (Å²) in [6.45, 7) is -0.333. The molecule has 3 aromatic carbocycles. The molecule has 27 heavy (non-hydrogen) atoms. The van der Waals surface area contributed by atoms with Crippen molar-refractivity contribution in [3.05, 3.63) is 90.5 Å². The van der Waals surface area contributed by atoms with Gasteiger partial charge >= 0.3 is 5.97 Å². The number of hydrogen-bond acceptors (Lipinski definition) is 4. The maximum absolute atomic E-state index is 12.2. The Morgan fingerprint density at radius 3 is 2.07 bits per heavy atom. The predicted octanol–water partition coefficient (Wildman–Crippen LogP) is 3.50. The third-order valence-electron chi connectivity index (χ3n) is 3.93. The average molecular weight is 361 g/mol. The number of carbonyl (C=O) groups excluding carboxylic acids is 2. The van der Waals surface area contributed by atoms with Gasteiger partial charge in [0.25, 0.3) is 5.91 Å². The molecule has 0 aliphatic carbocycles. The number of hydrogen-bond donors (Lipinski definition) is 1. The molecule has 136 valence electrons. The number of esters is 1. The molecule has 1 amide bonds. The summed E-state index contributed by atoms with van der Waals surface area (Å²) in [6.07, 6.45) is -1.15. The van der Waals surface area contributed by atoms with E-state index in [4.69, 9.17) is 15.2 Å². The van der Waals surface area contributed by atoms with Crippen molar-refractivity contribution < 1.29 is 19.1 Å². The highest BCUT2D eigenvalue weighted by Gasteiger charge is 2.22. The van der Waals surface area contributed by atoms with Gasteiger partial charge in [0, 0.05) is 11.1 Å². The van der Waals surface area contributed by atoms with E-state index in [1.807, 2.05) is 48.5 Å². The second-order valence-electron chi connectivity index (χ2n) is 5.83. The minimum Gasteiger partial charge on any atom is -0.481 e. The molecule has 1 atom stereocenters. The van der Waals surface area contributed by atoms with Crippen molar-refractivity contribution in [1.29, 1.82) is 0 Å². The van der Waals surface area contributed by atoms with Gasteiger partial charge in [-0.05, 0) is 11.6 Å². The van der Waals surface area contributed by atoms with Crippen LogP contribution in [0, 0.1) is 0 Å². The van der Waals surface area contributed by atoms with Crippen molar-refractivity contribution in [3.63, 3.8) is 0 Å². The molecule has 3 rings (SSSR count). The summed E-state index contributed by atoms with van der Waals surface area (Å²) < 4.78 is 10.9. The summed E-state index contributed by atoms with van der Waals surface area (Å²) in [4.78, 5) is 23.9. The molecule has 0 aliphatic heterocycles. The molecule has 0 spiro atoms. The molecule has 0 bridgehead atoms. The summed E-state index contributed by atoms with van der Waals surface area (Å²) in [5, 5.41) is 0. The van der Waals surface area contributed by atoms with Gasteiger partial charge in [-0.25, -0.2) is 4.79 Å². The van der Waals surface area contributed by atoms with Gasteiger partial charge in [0.05, 0.1) is 0 Å². The van der Waals surface area contributed by atoms with Gasteiger partial charge < -0.3 is 15.2 Å². The van der Waals surface area contributed by atoms with Crippen molar-refractivity contribution in [3.8, 4) is 16.9 Å². The number of para-hydroxylation sites is 1. The Hall–Kier alpha value is -3.60. The molecule has 0 saturated carbocycles. The van der Waals surface area contributed by atoms with Crippen LogP contribution in [0.5, 0.6) is 5.75 Å². The van der Waals surface area contributed by atoms with E-state index < -0.39 is 18.0 Å². The first-order valence-corrected chi connectivity index (χ1v) is 8.46. The van der Waals surface area contributed by atoms with Crippen LogP contribution < -0.4 is 10.5 Å². The molecule has 3 aromatic rings. The van der Waals surface area contributed by atoms with Crippen molar-refractivity contribution in [2.24, 2.45) is 5.73 Å². The van der Waals surface area contributed by atoms with Gasteiger partial charge in [-0.1, -0.05) is 78.9 Å². The number of primary amides is 1. The number of rotatable bonds is 7. The Kier molecular flexibility index (Phi) is 5.84. The SMILES string of the molecule is NC(=O)[C@H](OC(=O)COc1ccccc1-c1ccccc1)c1ccccc1. The first-order chi connectivity index (χ1) is 13.1. The maximum atomic E-state index is 12.2. The van der Waals surface area contributed by atoms with Crippen molar-refractivity contribution in [1.82, 2.24) is 0 Å². The van der Waals surface area contributed by atoms with Gasteiger partial charge in [0.2, 0.25) is 6.10 Å². The number of nitrogens with two attached hydrogens (primary N) is 1. The van der Waals surface area contributed by atoms with E-state index in [0.717, 1.165) is 11.1 Å². The molecule has 0 heterocycles. The fourth-order valence-corrected chi connectivity index (χ4v) is 2.67. The highest BCUT2D eigenvalue weighted by molar-refractivity contribution is 5.84. The predicted molar refractivity (Wildman–Crippen MR) is 102 cm³/mol. The third-order valence-corrected chi connectivity index (χ3v) is 3.93. The van der Waals surface area contributed by atoms with E-state index in [0.29, 0.717) is 11.3 Å². The van der Waals surface area contributed by atoms with E-state index in [-0.39, 0.29) is 6.61 Å². The zero-order chi connectivity index (χ0) is 19.1. The Morgan fingerprint density at radius 2 is 1.41 bits per heavy atom. The Labute approximate surface area is 157 Å². The highest BCUT2D eigenvalue weighted by Crippen LogP contribution is 2.29. The first-order valence-electron chi connectivity index (χ1n) is 8.46. The van der Waals surface area contributed by atoms with E-state index in [1.54, 1.807) is 36.4 Å². The molecule has 0 radical (unpaired) electrons. The molecular formula is C22H19NO4. The van der Waals surface area contributed by atoms with E-state index in [2.05, 4.69) is 0 Å². The van der Waals surface area contributed by atoms with Gasteiger partial charge in [-0.15, -0.1) is 0 Å². The van der Waals surface area contributed by atoms with Crippen LogP contribution in [-0.4, -0.2) is 18.5 Å². The zero-order valence-electron chi connectivity index (χ0n) is 14.6. The lowest BCUT2D eigenvalue weighted by molar-refractivity contribution is -0.157. The molecule has 0 fully saturated rings. The van der Waals surface area contributed by atoms with Crippen LogP contribution in [0.2, 0.25) is 0 Å². The summed E-state index contributed by atoms with van der Waals surface area (Å²) in [7, 11) is 0. The van der Waals surface area contributed by atoms with E-state index in [1.165, 1.54) is 0 Å². The standard InChI is InChI=1S/C22H19NO4/c23-22(25)21(17-11-5-2-6-12-17)27-20(24)15-26-19-14-8-7-13-18(19)16-9-3-1-4-10-16/h1-14,21H,15H2,(H2,23,25)/t21-/m1/s1. The molecule has 0 aliphatic rings. The fourth-order valence-electron chi connectivity index (χ4n) is 2.67. The van der Waals surface area contributed by atoms with Crippen LogP contribution >= 0.6 is 0 Å². The number of amides is 1. The smallest absolute Gasteiger partial charge is 0.345 e. The first kappa shape index (κ1) is 18.2. The molecule has 2 N–H and O–H groups in total. The zero-order valence-corrected chi connectivity index (χ0v) is 14.6. The minimum atomic E-state index is -1.15. The topological polar surface area (TPSA) is 78.6 Å². The summed E-state index contributed by atoms with van der Waals surface area (Å²) in [6, 6.07) is 25.7. The Bertz CT molecular complexity index is 910. The lowest BCUT2D eigenvalue weighted by atomic mass is 10.1. The van der Waals surface area contributed by atoms with Crippen LogP contribution in [-0.2, 0) is 14.3 Å². The van der Waals surface area contributed by atoms with Crippen LogP contribution in [0.25, 0.3) is 11.1 Å².